The summed E-state index contributed by atoms with van der Waals surface area (Å²) in [5.41, 5.74) is 24.9. The first-order valence-corrected chi connectivity index (χ1v) is 22.4. The van der Waals surface area contributed by atoms with Crippen molar-refractivity contribution in [1.29, 1.82) is 0 Å². The van der Waals surface area contributed by atoms with Gasteiger partial charge >= 0.3 is 0 Å². The zero-order valence-electron chi connectivity index (χ0n) is 34.0. The summed E-state index contributed by atoms with van der Waals surface area (Å²) in [5.74, 6) is 1.65. The monoisotopic (exact) mass is 714 g/mol. The highest BCUT2D eigenvalue weighted by atomic mass is 28.2. The van der Waals surface area contributed by atoms with Gasteiger partial charge in [0, 0.05) is 11.1 Å². The van der Waals surface area contributed by atoms with Crippen LogP contribution >= 0.6 is 0 Å². The Morgan fingerprint density at radius 3 is 1.15 bits per heavy atom. The van der Waals surface area contributed by atoms with Gasteiger partial charge in [0.2, 0.25) is 0 Å². The van der Waals surface area contributed by atoms with E-state index in [4.69, 9.17) is 0 Å². The lowest BCUT2D eigenvalue weighted by Crippen LogP contribution is -2.21. The Morgan fingerprint density at radius 1 is 0.472 bits per heavy atom. The van der Waals surface area contributed by atoms with Crippen molar-refractivity contribution in [2.45, 2.75) is 130 Å². The molecule has 2 radical (unpaired) electrons. The van der Waals surface area contributed by atoms with Crippen LogP contribution in [-0.2, 0) is 10.8 Å². The molecule has 2 fully saturated rings. The summed E-state index contributed by atoms with van der Waals surface area (Å²) in [6, 6.07) is 33.5. The largest absolute Gasteiger partial charge is 0.0613 e. The average molecular weight is 715 g/mol. The lowest BCUT2D eigenvalue weighted by atomic mass is 9.85. The van der Waals surface area contributed by atoms with Crippen molar-refractivity contribution < 1.29 is 0 Å². The number of hydrogen-bond donors (Lipinski definition) is 0. The maximum absolute atomic E-state index is 2.49. The minimum Gasteiger partial charge on any atom is -0.0613 e. The van der Waals surface area contributed by atoms with E-state index in [0.29, 0.717) is 0 Å². The van der Waals surface area contributed by atoms with E-state index < -0.39 is 9.52 Å². The molecule has 0 saturated heterocycles. The standard InChI is InChI=1S/C52H62Si/c1-33-45(31-35-15-9-10-16-35)49(43-21-13-19-41(47(33)43)37-23-27-39(28-24-37)51(3,4)5)53-50-44-22-14-20-42(38-25-29-40(30-26-38)52(6,7)8)48(44)34(2)46(50)32-36-17-11-12-18-36/h13-14,19-30,35-36H,9-12,15-18,31-32,53H2,1-8H3. The molecule has 0 bridgehead atoms. The van der Waals surface area contributed by atoms with E-state index in [-0.39, 0.29) is 10.8 Å². The van der Waals surface area contributed by atoms with Gasteiger partial charge in [-0.1, -0.05) is 189 Å². The molecular formula is C52H62Si. The van der Waals surface area contributed by atoms with Crippen molar-refractivity contribution >= 4 is 20.7 Å². The topological polar surface area (TPSA) is 0 Å². The van der Waals surface area contributed by atoms with Crippen LogP contribution in [0.1, 0.15) is 153 Å². The van der Waals surface area contributed by atoms with Crippen molar-refractivity contribution in [3.8, 4) is 22.3 Å². The van der Waals surface area contributed by atoms with Crippen molar-refractivity contribution in [3.05, 3.63) is 141 Å². The van der Waals surface area contributed by atoms with Gasteiger partial charge < -0.3 is 0 Å². The zero-order valence-corrected chi connectivity index (χ0v) is 35.4. The lowest BCUT2D eigenvalue weighted by molar-refractivity contribution is 0.545. The minimum atomic E-state index is -0.812. The highest BCUT2D eigenvalue weighted by Gasteiger charge is 2.40. The van der Waals surface area contributed by atoms with Crippen LogP contribution in [0, 0.1) is 22.9 Å². The van der Waals surface area contributed by atoms with Crippen molar-refractivity contribution in [1.82, 2.24) is 0 Å². The Labute approximate surface area is 324 Å². The van der Waals surface area contributed by atoms with Crippen LogP contribution < -0.4 is 0 Å². The smallest absolute Gasteiger partial charge is 0.0575 e. The van der Waals surface area contributed by atoms with Gasteiger partial charge in [-0.25, -0.2) is 0 Å². The summed E-state index contributed by atoms with van der Waals surface area (Å²) < 4.78 is 0. The van der Waals surface area contributed by atoms with Crippen molar-refractivity contribution in [2.75, 3.05) is 0 Å². The van der Waals surface area contributed by atoms with Crippen LogP contribution in [-0.4, -0.2) is 9.52 Å². The quantitative estimate of drug-likeness (QED) is 0.159. The molecule has 0 atom stereocenters. The molecule has 1 heteroatoms. The van der Waals surface area contributed by atoms with Gasteiger partial charge in [-0.15, -0.1) is 0 Å². The third-order valence-corrected chi connectivity index (χ3v) is 15.9. The van der Waals surface area contributed by atoms with Crippen molar-refractivity contribution in [2.24, 2.45) is 11.8 Å². The highest BCUT2D eigenvalue weighted by Crippen LogP contribution is 2.54. The first kappa shape index (κ1) is 36.5. The van der Waals surface area contributed by atoms with Gasteiger partial charge in [0.15, 0.2) is 0 Å². The van der Waals surface area contributed by atoms with Crippen LogP contribution in [0.5, 0.6) is 0 Å². The second-order valence-electron chi connectivity index (χ2n) is 19.2. The van der Waals surface area contributed by atoms with Crippen LogP contribution in [0.15, 0.2) is 96.1 Å². The van der Waals surface area contributed by atoms with E-state index in [9.17, 15) is 0 Å². The van der Waals surface area contributed by atoms with Crippen LogP contribution in [0.4, 0.5) is 0 Å². The second-order valence-corrected chi connectivity index (χ2v) is 20.9. The first-order valence-electron chi connectivity index (χ1n) is 21.0. The number of rotatable bonds is 8. The summed E-state index contributed by atoms with van der Waals surface area (Å²) in [4.78, 5) is 0. The second kappa shape index (κ2) is 14.3. The molecule has 0 aromatic heterocycles. The number of fused-ring (bicyclic) bond motifs is 2. The number of allylic oxidation sites excluding steroid dienone is 4. The van der Waals surface area contributed by atoms with E-state index in [1.165, 1.54) is 109 Å². The Balaban J connectivity index is 1.23. The molecule has 0 spiro atoms. The molecule has 274 valence electrons. The third kappa shape index (κ3) is 7.01. The predicted octanol–water partition coefficient (Wildman–Crippen LogP) is 14.0. The van der Waals surface area contributed by atoms with Gasteiger partial charge in [0.25, 0.3) is 0 Å². The molecule has 4 aliphatic rings. The van der Waals surface area contributed by atoms with E-state index in [0.717, 1.165) is 11.8 Å². The van der Waals surface area contributed by atoms with Gasteiger partial charge in [-0.05, 0) is 116 Å². The van der Waals surface area contributed by atoms with Crippen molar-refractivity contribution in [3.63, 3.8) is 0 Å². The molecule has 0 unspecified atom stereocenters. The zero-order chi connectivity index (χ0) is 37.1. The molecule has 4 aliphatic carbocycles. The predicted molar refractivity (Wildman–Crippen MR) is 233 cm³/mol. The third-order valence-electron chi connectivity index (χ3n) is 13.6. The van der Waals surface area contributed by atoms with Crippen LogP contribution in [0.25, 0.3) is 33.4 Å². The Morgan fingerprint density at radius 2 is 0.811 bits per heavy atom. The van der Waals surface area contributed by atoms with E-state index in [1.807, 2.05) is 0 Å². The molecule has 0 heterocycles. The van der Waals surface area contributed by atoms with Gasteiger partial charge in [0.1, 0.15) is 0 Å². The molecule has 2 saturated carbocycles. The number of benzene rings is 4. The summed E-state index contributed by atoms with van der Waals surface area (Å²) in [7, 11) is -0.812. The van der Waals surface area contributed by atoms with E-state index in [1.54, 1.807) is 44.5 Å². The van der Waals surface area contributed by atoms with Gasteiger partial charge in [0.05, 0.1) is 9.52 Å². The molecular weight excluding hydrogens is 653 g/mol. The summed E-state index contributed by atoms with van der Waals surface area (Å²) in [6.45, 7) is 18.9. The molecule has 0 amide bonds. The van der Waals surface area contributed by atoms with E-state index in [2.05, 4.69) is 140 Å². The molecule has 0 N–H and O–H groups in total. The van der Waals surface area contributed by atoms with Crippen LogP contribution in [0.3, 0.4) is 0 Å². The van der Waals surface area contributed by atoms with Gasteiger partial charge in [-0.2, -0.15) is 0 Å². The molecule has 53 heavy (non-hydrogen) atoms. The fraction of sp³-hybridized carbons (Fsp3) is 0.423. The molecule has 4 aromatic rings. The van der Waals surface area contributed by atoms with Gasteiger partial charge in [-0.3, -0.25) is 0 Å². The first-order chi connectivity index (χ1) is 25.4. The number of hydrogen-bond acceptors (Lipinski definition) is 0. The summed E-state index contributed by atoms with van der Waals surface area (Å²) >= 11 is 0. The maximum atomic E-state index is 2.49. The Kier molecular flexibility index (Phi) is 9.89. The maximum Gasteiger partial charge on any atom is 0.0575 e. The molecule has 0 nitrogen and oxygen atoms in total. The molecule has 0 aliphatic heterocycles. The molecule has 4 aromatic carbocycles. The lowest BCUT2D eigenvalue weighted by Gasteiger charge is -2.26. The fourth-order valence-corrected chi connectivity index (χ4v) is 13.0. The van der Waals surface area contributed by atoms with Crippen LogP contribution in [0.2, 0.25) is 0 Å². The van der Waals surface area contributed by atoms with E-state index >= 15 is 0 Å². The minimum absolute atomic E-state index is 0.153. The Hall–Kier alpha value is -3.42. The highest BCUT2D eigenvalue weighted by molar-refractivity contribution is 6.57. The Bertz CT molecular complexity index is 1880. The molecule has 8 rings (SSSR count). The SMILES string of the molecule is CC1=C(CC2CCCC2)[C]([SiH2][C]2C(CC3CCCC3)=C(C)c3c2cccc3-c2ccc(C(C)(C)C)cc2)c2cccc(-c3ccc(C(C)(C)C)cc3)c21. The fourth-order valence-electron chi connectivity index (χ4n) is 10.4. The normalized spacial score (nSPS) is 18.9. The summed E-state index contributed by atoms with van der Waals surface area (Å²) in [6.07, 6.45) is 13.7. The summed E-state index contributed by atoms with van der Waals surface area (Å²) in [5, 5.41) is 0. The average Bonchev–Trinajstić information content (AvgIpc) is 3.95.